The maximum absolute atomic E-state index is 10.5. The number of carbonyl (C=O) groups is 1. The summed E-state index contributed by atoms with van der Waals surface area (Å²) in [5, 5.41) is 0. The zero-order valence-corrected chi connectivity index (χ0v) is 6.72. The fraction of sp³-hybridized carbons (Fsp3) is 0.571. The average Bonchev–Trinajstić information content (AvgIpc) is 1.97. The van der Waals surface area contributed by atoms with Gasteiger partial charge in [0.2, 0.25) is 0 Å². The van der Waals surface area contributed by atoms with Crippen molar-refractivity contribution in [1.29, 1.82) is 0 Å². The largest absolute Gasteiger partial charge is 0.371 e. The maximum Gasteiger partial charge on any atom is 0.259 e. The van der Waals surface area contributed by atoms with Gasteiger partial charge in [-0.1, -0.05) is 5.57 Å². The first kappa shape index (κ1) is 10.1. The number of hydrogen-bond acceptors (Lipinski definition) is 3. The van der Waals surface area contributed by atoms with Crippen LogP contribution in [0.2, 0.25) is 0 Å². The molecule has 4 heteroatoms. The van der Waals surface area contributed by atoms with Crippen LogP contribution < -0.4 is 11.3 Å². The van der Waals surface area contributed by atoms with Crippen LogP contribution in [0.4, 0.5) is 0 Å². The molecule has 0 aromatic heterocycles. The molecular formula is C7H14N2O2. The van der Waals surface area contributed by atoms with Crippen molar-refractivity contribution in [3.05, 3.63) is 12.2 Å². The zero-order valence-electron chi connectivity index (χ0n) is 6.72. The summed E-state index contributed by atoms with van der Waals surface area (Å²) in [7, 11) is 0. The molecule has 4 nitrogen and oxygen atoms in total. The molecule has 0 aliphatic rings. The Morgan fingerprint density at radius 2 is 2.36 bits per heavy atom. The van der Waals surface area contributed by atoms with E-state index < -0.39 is 0 Å². The van der Waals surface area contributed by atoms with Crippen molar-refractivity contribution in [3.8, 4) is 0 Å². The van der Waals surface area contributed by atoms with Crippen LogP contribution in [0.3, 0.4) is 0 Å². The number of hydrogen-bond donors (Lipinski definition) is 2. The SMILES string of the molecule is C=C(C)CCOCC(=O)NN. The summed E-state index contributed by atoms with van der Waals surface area (Å²) in [5.74, 6) is 4.50. The Morgan fingerprint density at radius 3 is 2.82 bits per heavy atom. The minimum atomic E-state index is -0.313. The summed E-state index contributed by atoms with van der Waals surface area (Å²) >= 11 is 0. The third kappa shape index (κ3) is 7.02. The minimum absolute atomic E-state index is 0.0176. The molecule has 3 N–H and O–H groups in total. The van der Waals surface area contributed by atoms with Crippen LogP contribution in [-0.4, -0.2) is 19.1 Å². The summed E-state index contributed by atoms with van der Waals surface area (Å²) in [6, 6.07) is 0. The number of nitrogens with one attached hydrogen (secondary N) is 1. The number of nitrogens with two attached hydrogens (primary N) is 1. The molecule has 0 bridgehead atoms. The Bertz CT molecular complexity index is 145. The zero-order chi connectivity index (χ0) is 8.69. The molecule has 0 spiro atoms. The number of rotatable bonds is 5. The Hall–Kier alpha value is -0.870. The topological polar surface area (TPSA) is 64.3 Å². The van der Waals surface area contributed by atoms with E-state index in [9.17, 15) is 4.79 Å². The highest BCUT2D eigenvalue weighted by Gasteiger charge is 1.96. The fourth-order valence-electron chi connectivity index (χ4n) is 0.453. The van der Waals surface area contributed by atoms with Gasteiger partial charge in [-0.15, -0.1) is 6.58 Å². The van der Waals surface area contributed by atoms with Gasteiger partial charge >= 0.3 is 0 Å². The van der Waals surface area contributed by atoms with Crippen LogP contribution in [0.15, 0.2) is 12.2 Å². The fourth-order valence-corrected chi connectivity index (χ4v) is 0.453. The third-order valence-electron chi connectivity index (χ3n) is 1.07. The first-order valence-electron chi connectivity index (χ1n) is 3.38. The van der Waals surface area contributed by atoms with E-state index in [1.165, 1.54) is 0 Å². The van der Waals surface area contributed by atoms with E-state index in [1.807, 2.05) is 12.3 Å². The molecule has 0 atom stereocenters. The normalized spacial score (nSPS) is 9.27. The Morgan fingerprint density at radius 1 is 1.73 bits per heavy atom. The molecule has 0 aromatic carbocycles. The summed E-state index contributed by atoms with van der Waals surface area (Å²) in [5.41, 5.74) is 3.01. The van der Waals surface area contributed by atoms with E-state index in [-0.39, 0.29) is 12.5 Å². The second kappa shape index (κ2) is 5.88. The number of ether oxygens (including phenoxy) is 1. The quantitative estimate of drug-likeness (QED) is 0.194. The highest BCUT2D eigenvalue weighted by molar-refractivity contribution is 5.76. The third-order valence-corrected chi connectivity index (χ3v) is 1.07. The highest BCUT2D eigenvalue weighted by atomic mass is 16.5. The second-order valence-electron chi connectivity index (χ2n) is 2.33. The van der Waals surface area contributed by atoms with Gasteiger partial charge in [0.15, 0.2) is 0 Å². The molecule has 0 unspecified atom stereocenters. The van der Waals surface area contributed by atoms with Crippen molar-refractivity contribution in [2.75, 3.05) is 13.2 Å². The van der Waals surface area contributed by atoms with E-state index in [1.54, 1.807) is 0 Å². The van der Waals surface area contributed by atoms with E-state index in [4.69, 9.17) is 10.6 Å². The minimum Gasteiger partial charge on any atom is -0.371 e. The molecule has 0 saturated heterocycles. The molecule has 0 saturated carbocycles. The molecule has 0 rings (SSSR count). The lowest BCUT2D eigenvalue weighted by molar-refractivity contribution is -0.125. The second-order valence-corrected chi connectivity index (χ2v) is 2.33. The number of amides is 1. The molecule has 0 radical (unpaired) electrons. The summed E-state index contributed by atoms with van der Waals surface area (Å²) in [6.45, 7) is 6.13. The Kier molecular flexibility index (Phi) is 5.42. The van der Waals surface area contributed by atoms with Crippen molar-refractivity contribution in [1.82, 2.24) is 5.43 Å². The van der Waals surface area contributed by atoms with Crippen LogP contribution in [0.1, 0.15) is 13.3 Å². The van der Waals surface area contributed by atoms with Gasteiger partial charge in [-0.25, -0.2) is 5.84 Å². The van der Waals surface area contributed by atoms with Gasteiger partial charge in [0.05, 0.1) is 6.61 Å². The molecule has 0 fully saturated rings. The Balaban J connectivity index is 3.14. The lowest BCUT2D eigenvalue weighted by Gasteiger charge is -2.01. The molecule has 0 heterocycles. The number of carbonyl (C=O) groups excluding carboxylic acids is 1. The molecular weight excluding hydrogens is 144 g/mol. The maximum atomic E-state index is 10.5. The van der Waals surface area contributed by atoms with E-state index in [0.717, 1.165) is 12.0 Å². The van der Waals surface area contributed by atoms with Gasteiger partial charge in [0.1, 0.15) is 6.61 Å². The smallest absolute Gasteiger partial charge is 0.259 e. The molecule has 0 aromatic rings. The van der Waals surface area contributed by atoms with Gasteiger partial charge in [0, 0.05) is 0 Å². The number of hydrazine groups is 1. The summed E-state index contributed by atoms with van der Waals surface area (Å²) in [4.78, 5) is 10.5. The molecule has 0 aliphatic heterocycles. The van der Waals surface area contributed by atoms with Gasteiger partial charge in [-0.2, -0.15) is 0 Å². The average molecular weight is 158 g/mol. The molecule has 11 heavy (non-hydrogen) atoms. The van der Waals surface area contributed by atoms with Gasteiger partial charge in [-0.05, 0) is 13.3 Å². The van der Waals surface area contributed by atoms with Crippen molar-refractivity contribution < 1.29 is 9.53 Å². The van der Waals surface area contributed by atoms with E-state index in [2.05, 4.69) is 6.58 Å². The van der Waals surface area contributed by atoms with Gasteiger partial charge in [0.25, 0.3) is 5.91 Å². The van der Waals surface area contributed by atoms with E-state index >= 15 is 0 Å². The molecule has 0 aliphatic carbocycles. The van der Waals surface area contributed by atoms with Crippen LogP contribution in [0.25, 0.3) is 0 Å². The predicted molar refractivity (Wildman–Crippen MR) is 42.6 cm³/mol. The van der Waals surface area contributed by atoms with Crippen LogP contribution >= 0.6 is 0 Å². The molecule has 1 amide bonds. The summed E-state index contributed by atoms with van der Waals surface area (Å²) < 4.78 is 4.94. The van der Waals surface area contributed by atoms with Crippen molar-refractivity contribution >= 4 is 5.91 Å². The van der Waals surface area contributed by atoms with Crippen LogP contribution in [-0.2, 0) is 9.53 Å². The van der Waals surface area contributed by atoms with Gasteiger partial charge in [-0.3, -0.25) is 10.2 Å². The Labute approximate surface area is 66.4 Å². The standard InChI is InChI=1S/C7H14N2O2/c1-6(2)3-4-11-5-7(10)9-8/h1,3-5,8H2,2H3,(H,9,10). The monoisotopic (exact) mass is 158 g/mol. The van der Waals surface area contributed by atoms with Crippen molar-refractivity contribution in [2.24, 2.45) is 5.84 Å². The predicted octanol–water partition coefficient (Wildman–Crippen LogP) is -0.0409. The van der Waals surface area contributed by atoms with Crippen LogP contribution in [0, 0.1) is 0 Å². The lowest BCUT2D eigenvalue weighted by Crippen LogP contribution is -2.33. The van der Waals surface area contributed by atoms with Gasteiger partial charge < -0.3 is 4.74 Å². The first-order chi connectivity index (χ1) is 5.16. The molecule has 64 valence electrons. The summed E-state index contributed by atoms with van der Waals surface area (Å²) in [6.07, 6.45) is 0.776. The lowest BCUT2D eigenvalue weighted by atomic mass is 10.3. The van der Waals surface area contributed by atoms with Crippen LogP contribution in [0.5, 0.6) is 0 Å². The van der Waals surface area contributed by atoms with E-state index in [0.29, 0.717) is 6.61 Å². The highest BCUT2D eigenvalue weighted by Crippen LogP contribution is 1.94. The van der Waals surface area contributed by atoms with Crippen molar-refractivity contribution in [3.63, 3.8) is 0 Å². The van der Waals surface area contributed by atoms with Crippen molar-refractivity contribution in [2.45, 2.75) is 13.3 Å². The first-order valence-corrected chi connectivity index (χ1v) is 3.38.